The predicted octanol–water partition coefficient (Wildman–Crippen LogP) is 3.41. The number of benzene rings is 2. The highest BCUT2D eigenvalue weighted by atomic mass is 35.5. The van der Waals surface area contributed by atoms with Gasteiger partial charge in [-0.05, 0) is 42.5 Å². The zero-order valence-electron chi connectivity index (χ0n) is 14.4. The second-order valence-electron chi connectivity index (χ2n) is 5.88. The lowest BCUT2D eigenvalue weighted by molar-refractivity contribution is -0.116. The Hall–Kier alpha value is -2.78. The molecule has 2 aromatic carbocycles. The van der Waals surface area contributed by atoms with Crippen LogP contribution in [-0.4, -0.2) is 24.5 Å². The summed E-state index contributed by atoms with van der Waals surface area (Å²) in [6.07, 6.45) is 0.217. The van der Waals surface area contributed by atoms with Crippen molar-refractivity contribution < 1.29 is 22.1 Å². The first-order chi connectivity index (χ1) is 13.3. The van der Waals surface area contributed by atoms with E-state index in [0.29, 0.717) is 10.7 Å². The van der Waals surface area contributed by atoms with Crippen LogP contribution in [0, 0.1) is 5.82 Å². The van der Waals surface area contributed by atoms with Crippen LogP contribution < -0.4 is 5.32 Å². The summed E-state index contributed by atoms with van der Waals surface area (Å²) in [6.45, 7) is 0. The number of halogens is 2. The van der Waals surface area contributed by atoms with Gasteiger partial charge < -0.3 is 9.84 Å². The molecule has 0 aliphatic carbocycles. The summed E-state index contributed by atoms with van der Waals surface area (Å²) in [5.74, 6) is -1.19. The van der Waals surface area contributed by atoms with E-state index < -0.39 is 21.4 Å². The third-order valence-corrected chi connectivity index (χ3v) is 5.54. The Morgan fingerprint density at radius 2 is 1.93 bits per heavy atom. The van der Waals surface area contributed by atoms with Crippen molar-refractivity contribution in [3.8, 4) is 0 Å². The lowest BCUT2D eigenvalue weighted by atomic mass is 10.2. The zero-order valence-corrected chi connectivity index (χ0v) is 16.0. The molecular formula is C18H15ClFN3O4S. The van der Waals surface area contributed by atoms with E-state index in [4.69, 9.17) is 16.1 Å². The maximum absolute atomic E-state index is 12.9. The van der Waals surface area contributed by atoms with Crippen molar-refractivity contribution >= 4 is 33.0 Å². The topological polar surface area (TPSA) is 102 Å². The van der Waals surface area contributed by atoms with Crippen LogP contribution >= 0.6 is 11.6 Å². The quantitative estimate of drug-likeness (QED) is 0.584. The molecule has 7 nitrogen and oxygen atoms in total. The molecular weight excluding hydrogens is 409 g/mol. The number of rotatable bonds is 7. The Morgan fingerprint density at radius 1 is 1.18 bits per heavy atom. The van der Waals surface area contributed by atoms with Crippen molar-refractivity contribution in [1.29, 1.82) is 0 Å². The molecule has 0 unspecified atom stereocenters. The molecule has 28 heavy (non-hydrogen) atoms. The summed E-state index contributed by atoms with van der Waals surface area (Å²) in [5.41, 5.74) is 0.564. The van der Waals surface area contributed by atoms with Crippen molar-refractivity contribution in [3.05, 3.63) is 71.1 Å². The summed E-state index contributed by atoms with van der Waals surface area (Å²) in [6, 6.07) is 11.2. The van der Waals surface area contributed by atoms with Gasteiger partial charge in [-0.15, -0.1) is 0 Å². The fourth-order valence-corrected chi connectivity index (χ4v) is 3.72. The van der Waals surface area contributed by atoms with Gasteiger partial charge in [-0.1, -0.05) is 22.8 Å². The number of carbonyl (C=O) groups is 1. The number of hydrogen-bond donors (Lipinski definition) is 1. The van der Waals surface area contributed by atoms with E-state index in [1.165, 1.54) is 12.1 Å². The van der Waals surface area contributed by atoms with Crippen molar-refractivity contribution in [2.24, 2.45) is 0 Å². The fraction of sp³-hybridized carbons (Fsp3) is 0.167. The van der Waals surface area contributed by atoms with Crippen LogP contribution in [0.1, 0.15) is 18.1 Å². The number of hydrogen-bond acceptors (Lipinski definition) is 6. The molecule has 0 saturated heterocycles. The summed E-state index contributed by atoms with van der Waals surface area (Å²) >= 11 is 5.86. The average Bonchev–Trinajstić information content (AvgIpc) is 3.07. The molecule has 0 aliphatic rings. The number of nitrogens with one attached hydrogen (secondary N) is 1. The van der Waals surface area contributed by atoms with Gasteiger partial charge in [0.25, 0.3) is 0 Å². The minimum absolute atomic E-state index is 0.0328. The Kier molecular flexibility index (Phi) is 6.05. The Balaban J connectivity index is 1.56. The van der Waals surface area contributed by atoms with Gasteiger partial charge in [0.15, 0.2) is 15.7 Å². The van der Waals surface area contributed by atoms with E-state index in [1.807, 2.05) is 0 Å². The molecule has 146 valence electrons. The van der Waals surface area contributed by atoms with Crippen molar-refractivity contribution in [2.75, 3.05) is 5.32 Å². The van der Waals surface area contributed by atoms with Gasteiger partial charge in [-0.3, -0.25) is 4.79 Å². The van der Waals surface area contributed by atoms with E-state index >= 15 is 0 Å². The molecule has 0 fully saturated rings. The molecule has 10 heteroatoms. The van der Waals surface area contributed by atoms with E-state index in [-0.39, 0.29) is 35.4 Å². The Bertz CT molecular complexity index is 1080. The molecule has 0 radical (unpaired) electrons. The Morgan fingerprint density at radius 3 is 2.64 bits per heavy atom. The van der Waals surface area contributed by atoms with Gasteiger partial charge in [0.05, 0.1) is 4.90 Å². The first-order valence-corrected chi connectivity index (χ1v) is 10.2. The van der Waals surface area contributed by atoms with Crippen LogP contribution in [0.5, 0.6) is 0 Å². The van der Waals surface area contributed by atoms with Gasteiger partial charge in [0, 0.05) is 23.6 Å². The first-order valence-electron chi connectivity index (χ1n) is 8.17. The maximum atomic E-state index is 12.9. The molecule has 1 N–H and O–H groups in total. The molecule has 3 aromatic rings. The van der Waals surface area contributed by atoms with Crippen molar-refractivity contribution in [2.45, 2.75) is 23.5 Å². The fourth-order valence-electron chi connectivity index (χ4n) is 2.36. The van der Waals surface area contributed by atoms with Gasteiger partial charge in [0.1, 0.15) is 11.6 Å². The van der Waals surface area contributed by atoms with E-state index in [1.54, 1.807) is 24.3 Å². The monoisotopic (exact) mass is 423 g/mol. The third kappa shape index (κ3) is 5.37. The lowest BCUT2D eigenvalue weighted by Gasteiger charge is -2.04. The van der Waals surface area contributed by atoms with Gasteiger partial charge in [-0.2, -0.15) is 4.98 Å². The minimum Gasteiger partial charge on any atom is -0.339 e. The minimum atomic E-state index is -3.74. The van der Waals surface area contributed by atoms with Gasteiger partial charge >= 0.3 is 0 Å². The molecule has 0 aliphatic heterocycles. The Labute approximate surface area is 165 Å². The lowest BCUT2D eigenvalue weighted by Crippen LogP contribution is -2.12. The van der Waals surface area contributed by atoms with Crippen LogP contribution in [0.2, 0.25) is 5.02 Å². The number of nitrogens with zero attached hydrogens (tertiary/aromatic N) is 2. The molecule has 1 heterocycles. The maximum Gasteiger partial charge on any atom is 0.227 e. The summed E-state index contributed by atoms with van der Waals surface area (Å²) in [4.78, 5) is 15.9. The van der Waals surface area contributed by atoms with Crippen LogP contribution in [0.3, 0.4) is 0 Å². The highest BCUT2D eigenvalue weighted by molar-refractivity contribution is 7.90. The number of aromatic nitrogens is 2. The normalized spacial score (nSPS) is 11.4. The average molecular weight is 424 g/mol. The number of anilines is 1. The second-order valence-corrected chi connectivity index (χ2v) is 8.30. The van der Waals surface area contributed by atoms with Crippen LogP contribution in [0.4, 0.5) is 10.1 Å². The van der Waals surface area contributed by atoms with E-state index in [9.17, 15) is 17.6 Å². The largest absolute Gasteiger partial charge is 0.339 e. The molecule has 3 rings (SSSR count). The molecule has 0 atom stereocenters. The number of aryl methyl sites for hydroxylation is 1. The molecule has 0 bridgehead atoms. The smallest absolute Gasteiger partial charge is 0.227 e. The number of sulfone groups is 1. The molecule has 0 saturated carbocycles. The highest BCUT2D eigenvalue weighted by Crippen LogP contribution is 2.17. The number of carbonyl (C=O) groups excluding carboxylic acids is 1. The summed E-state index contributed by atoms with van der Waals surface area (Å²) in [5, 5.41) is 6.82. The summed E-state index contributed by atoms with van der Waals surface area (Å²) in [7, 11) is -3.74. The third-order valence-electron chi connectivity index (χ3n) is 3.68. The SMILES string of the molecule is O=C(CCc1nc(CS(=O)(=O)c2ccc(F)cc2)no1)Nc1cccc(Cl)c1. The van der Waals surface area contributed by atoms with Crippen molar-refractivity contribution in [1.82, 2.24) is 10.1 Å². The van der Waals surface area contributed by atoms with Crippen molar-refractivity contribution in [3.63, 3.8) is 0 Å². The van der Waals surface area contributed by atoms with E-state index in [0.717, 1.165) is 12.1 Å². The first kappa shape index (κ1) is 20.0. The van der Waals surface area contributed by atoms with Crippen LogP contribution in [-0.2, 0) is 26.8 Å². The predicted molar refractivity (Wildman–Crippen MR) is 100.0 cm³/mol. The van der Waals surface area contributed by atoms with Crippen LogP contribution in [0.15, 0.2) is 57.9 Å². The molecule has 1 amide bonds. The molecule has 0 spiro atoms. The standard InChI is InChI=1S/C18H15ClFN3O4S/c19-12-2-1-3-14(10-12)21-17(24)8-9-18-22-16(23-27-18)11-28(25,26)15-6-4-13(20)5-7-15/h1-7,10H,8-9,11H2,(H,21,24). The highest BCUT2D eigenvalue weighted by Gasteiger charge is 2.19. The second kappa shape index (κ2) is 8.49. The number of amides is 1. The zero-order chi connectivity index (χ0) is 20.1. The van der Waals surface area contributed by atoms with E-state index in [2.05, 4.69) is 15.5 Å². The van der Waals surface area contributed by atoms with Crippen LogP contribution in [0.25, 0.3) is 0 Å². The van der Waals surface area contributed by atoms with Gasteiger partial charge in [-0.25, -0.2) is 12.8 Å². The summed E-state index contributed by atoms with van der Waals surface area (Å²) < 4.78 is 42.5. The molecule has 1 aromatic heterocycles. The van der Waals surface area contributed by atoms with Gasteiger partial charge in [0.2, 0.25) is 11.8 Å².